The Labute approximate surface area is 83.3 Å². The maximum atomic E-state index is 12.4. The number of hydrogen-bond donors (Lipinski definition) is 1. The van der Waals surface area contributed by atoms with Crippen LogP contribution in [0.4, 0.5) is 8.78 Å². The van der Waals surface area contributed by atoms with Crippen molar-refractivity contribution in [3.63, 3.8) is 0 Å². The van der Waals surface area contributed by atoms with Gasteiger partial charge in [0.2, 0.25) is 0 Å². The van der Waals surface area contributed by atoms with Crippen molar-refractivity contribution in [2.45, 2.75) is 13.3 Å². The molecule has 14 heavy (non-hydrogen) atoms. The first kappa shape index (κ1) is 10.8. The predicted octanol–water partition coefficient (Wildman–Crippen LogP) is 2.68. The number of carbonyl (C=O) groups is 1. The molecule has 1 rings (SSSR count). The molecule has 0 fully saturated rings. The van der Waals surface area contributed by atoms with E-state index in [0.29, 0.717) is 0 Å². The van der Waals surface area contributed by atoms with Crippen molar-refractivity contribution in [1.82, 2.24) is 4.98 Å². The number of nitrogens with zero attached hydrogens (tertiary/aromatic N) is 1. The normalized spacial score (nSPS) is 10.6. The van der Waals surface area contributed by atoms with Crippen LogP contribution in [0.25, 0.3) is 0 Å². The van der Waals surface area contributed by atoms with Crippen molar-refractivity contribution in [2.75, 3.05) is 0 Å². The monoisotopic (exact) mass is 221 g/mol. The zero-order chi connectivity index (χ0) is 10.9. The average Bonchev–Trinajstić information content (AvgIpc) is 2.01. The summed E-state index contributed by atoms with van der Waals surface area (Å²) in [5.74, 6) is -1.44. The Kier molecular flexibility index (Phi) is 3.00. The minimum atomic E-state index is -2.94. The summed E-state index contributed by atoms with van der Waals surface area (Å²) >= 11 is 5.42. The predicted molar refractivity (Wildman–Crippen MR) is 45.9 cm³/mol. The summed E-state index contributed by atoms with van der Waals surface area (Å²) in [5.41, 5.74) is -0.945. The molecule has 0 aliphatic heterocycles. The van der Waals surface area contributed by atoms with E-state index in [2.05, 4.69) is 4.98 Å². The van der Waals surface area contributed by atoms with Gasteiger partial charge in [-0.05, 0) is 13.0 Å². The smallest absolute Gasteiger partial charge is 0.336 e. The Balaban J connectivity index is 3.44. The second-order valence-corrected chi connectivity index (χ2v) is 2.98. The molecule has 0 bridgehead atoms. The molecular formula is C8H6ClF2NO2. The number of carboxylic acids is 1. The Bertz CT molecular complexity index is 382. The lowest BCUT2D eigenvalue weighted by molar-refractivity contribution is 0.0684. The molecule has 0 aliphatic rings. The van der Waals surface area contributed by atoms with Crippen LogP contribution in [-0.4, -0.2) is 16.1 Å². The lowest BCUT2D eigenvalue weighted by Crippen LogP contribution is -2.06. The third kappa shape index (κ3) is 1.98. The standard InChI is InChI=1S/C8H6ClF2NO2/c1-3-2-4(8(13)14)5(7(10)11)6(9)12-3/h2,7H,1H3,(H,13,14). The summed E-state index contributed by atoms with van der Waals surface area (Å²) in [5, 5.41) is 8.18. The van der Waals surface area contributed by atoms with Gasteiger partial charge in [0.25, 0.3) is 6.43 Å². The number of carboxylic acid groups (broad SMARTS) is 1. The topological polar surface area (TPSA) is 50.2 Å². The maximum Gasteiger partial charge on any atom is 0.336 e. The fourth-order valence-corrected chi connectivity index (χ4v) is 1.35. The summed E-state index contributed by atoms with van der Waals surface area (Å²) in [6.07, 6.45) is -2.94. The summed E-state index contributed by atoms with van der Waals surface area (Å²) < 4.78 is 24.8. The molecule has 6 heteroatoms. The fraction of sp³-hybridized carbons (Fsp3) is 0.250. The lowest BCUT2D eigenvalue weighted by Gasteiger charge is -2.07. The van der Waals surface area contributed by atoms with Crippen LogP contribution in [0.5, 0.6) is 0 Å². The minimum absolute atomic E-state index is 0.289. The van der Waals surface area contributed by atoms with Crippen molar-refractivity contribution in [3.8, 4) is 0 Å². The fourth-order valence-electron chi connectivity index (χ4n) is 1.03. The van der Waals surface area contributed by atoms with Gasteiger partial charge in [0.1, 0.15) is 5.15 Å². The Hall–Kier alpha value is -1.23. The molecule has 1 aromatic rings. The quantitative estimate of drug-likeness (QED) is 0.781. The highest BCUT2D eigenvalue weighted by molar-refractivity contribution is 6.30. The van der Waals surface area contributed by atoms with Crippen LogP contribution in [0.2, 0.25) is 5.15 Å². The van der Waals surface area contributed by atoms with E-state index in [0.717, 1.165) is 6.07 Å². The van der Waals surface area contributed by atoms with Gasteiger partial charge in [-0.15, -0.1) is 0 Å². The summed E-state index contributed by atoms with van der Waals surface area (Å²) in [4.78, 5) is 14.2. The molecule has 1 N–H and O–H groups in total. The average molecular weight is 222 g/mol. The molecule has 0 radical (unpaired) electrons. The van der Waals surface area contributed by atoms with Crippen molar-refractivity contribution in [1.29, 1.82) is 0 Å². The largest absolute Gasteiger partial charge is 0.478 e. The molecule has 1 heterocycles. The summed E-state index contributed by atoms with van der Waals surface area (Å²) in [6.45, 7) is 1.48. The van der Waals surface area contributed by atoms with E-state index in [-0.39, 0.29) is 5.69 Å². The molecule has 0 saturated carbocycles. The Morgan fingerprint density at radius 1 is 1.64 bits per heavy atom. The molecule has 0 spiro atoms. The van der Waals surface area contributed by atoms with E-state index in [4.69, 9.17) is 16.7 Å². The number of aryl methyl sites for hydroxylation is 1. The molecule has 0 atom stereocenters. The van der Waals surface area contributed by atoms with Gasteiger partial charge in [-0.25, -0.2) is 18.6 Å². The number of rotatable bonds is 2. The van der Waals surface area contributed by atoms with E-state index >= 15 is 0 Å². The van der Waals surface area contributed by atoms with Gasteiger partial charge in [-0.3, -0.25) is 0 Å². The summed E-state index contributed by atoms with van der Waals surface area (Å²) in [7, 11) is 0. The SMILES string of the molecule is Cc1cc(C(=O)O)c(C(F)F)c(Cl)n1. The Morgan fingerprint density at radius 2 is 2.21 bits per heavy atom. The van der Waals surface area contributed by atoms with Crippen molar-refractivity contribution in [2.24, 2.45) is 0 Å². The number of aromatic nitrogens is 1. The number of hydrogen-bond acceptors (Lipinski definition) is 2. The van der Waals surface area contributed by atoms with Gasteiger partial charge >= 0.3 is 5.97 Å². The maximum absolute atomic E-state index is 12.4. The van der Waals surface area contributed by atoms with Gasteiger partial charge in [-0.1, -0.05) is 11.6 Å². The zero-order valence-corrected chi connectivity index (χ0v) is 7.85. The number of alkyl halides is 2. The molecule has 0 amide bonds. The van der Waals surface area contributed by atoms with Gasteiger partial charge in [0.05, 0.1) is 11.1 Å². The third-order valence-electron chi connectivity index (χ3n) is 1.59. The Morgan fingerprint density at radius 3 is 2.64 bits per heavy atom. The van der Waals surface area contributed by atoms with Gasteiger partial charge in [0.15, 0.2) is 0 Å². The molecule has 1 aromatic heterocycles. The minimum Gasteiger partial charge on any atom is -0.478 e. The van der Waals surface area contributed by atoms with E-state index < -0.39 is 28.7 Å². The van der Waals surface area contributed by atoms with Crippen molar-refractivity contribution in [3.05, 3.63) is 28.0 Å². The first-order valence-corrected chi connectivity index (χ1v) is 3.99. The van der Waals surface area contributed by atoms with Crippen LogP contribution < -0.4 is 0 Å². The zero-order valence-electron chi connectivity index (χ0n) is 7.09. The van der Waals surface area contributed by atoms with Crippen LogP contribution >= 0.6 is 11.6 Å². The molecule has 76 valence electrons. The first-order chi connectivity index (χ1) is 6.43. The van der Waals surface area contributed by atoms with Crippen LogP contribution in [-0.2, 0) is 0 Å². The van der Waals surface area contributed by atoms with Gasteiger partial charge in [0, 0.05) is 5.69 Å². The highest BCUT2D eigenvalue weighted by Crippen LogP contribution is 2.29. The molecule has 0 unspecified atom stereocenters. The summed E-state index contributed by atoms with van der Waals surface area (Å²) in [6, 6.07) is 1.07. The molecule has 0 saturated heterocycles. The van der Waals surface area contributed by atoms with Crippen LogP contribution in [0.1, 0.15) is 28.0 Å². The van der Waals surface area contributed by atoms with Crippen LogP contribution in [0, 0.1) is 6.92 Å². The number of pyridine rings is 1. The second-order valence-electron chi connectivity index (χ2n) is 2.62. The van der Waals surface area contributed by atoms with Crippen LogP contribution in [0.3, 0.4) is 0 Å². The number of aromatic carboxylic acids is 1. The molecular weight excluding hydrogens is 216 g/mol. The second kappa shape index (κ2) is 3.88. The molecule has 0 aromatic carbocycles. The first-order valence-electron chi connectivity index (χ1n) is 3.62. The van der Waals surface area contributed by atoms with Gasteiger partial charge in [-0.2, -0.15) is 0 Å². The lowest BCUT2D eigenvalue weighted by atomic mass is 10.1. The third-order valence-corrected chi connectivity index (χ3v) is 1.88. The van der Waals surface area contributed by atoms with Crippen molar-refractivity contribution < 1.29 is 18.7 Å². The molecule has 0 aliphatic carbocycles. The molecule has 3 nitrogen and oxygen atoms in total. The highest BCUT2D eigenvalue weighted by atomic mass is 35.5. The van der Waals surface area contributed by atoms with E-state index in [1.54, 1.807) is 0 Å². The van der Waals surface area contributed by atoms with Crippen molar-refractivity contribution >= 4 is 17.6 Å². The highest BCUT2D eigenvalue weighted by Gasteiger charge is 2.22. The van der Waals surface area contributed by atoms with Crippen LogP contribution in [0.15, 0.2) is 6.07 Å². The van der Waals surface area contributed by atoms with E-state index in [1.165, 1.54) is 6.92 Å². The van der Waals surface area contributed by atoms with Gasteiger partial charge < -0.3 is 5.11 Å². The van der Waals surface area contributed by atoms with E-state index in [9.17, 15) is 13.6 Å². The number of halogens is 3. The van der Waals surface area contributed by atoms with E-state index in [1.807, 2.05) is 0 Å².